The van der Waals surface area contributed by atoms with Gasteiger partial charge >= 0.3 is 0 Å². The summed E-state index contributed by atoms with van der Waals surface area (Å²) < 4.78 is 0. The maximum atomic E-state index is 2.53. The first-order chi connectivity index (χ1) is 6.61. The minimum atomic E-state index is 0.874. The lowest BCUT2D eigenvalue weighted by Crippen LogP contribution is -2.42. The molecule has 0 aliphatic heterocycles. The Balaban J connectivity index is 1.99. The zero-order valence-corrected chi connectivity index (χ0v) is 10.3. The fourth-order valence-electron chi connectivity index (χ4n) is 3.87. The summed E-state index contributed by atoms with van der Waals surface area (Å²) in [5.41, 5.74) is 0. The topological polar surface area (TPSA) is 0 Å². The summed E-state index contributed by atoms with van der Waals surface area (Å²) >= 11 is 0. The lowest BCUT2D eigenvalue weighted by Gasteiger charge is -2.50. The van der Waals surface area contributed by atoms with E-state index in [0.29, 0.717) is 0 Å². The third-order valence-electron chi connectivity index (χ3n) is 5.42. The van der Waals surface area contributed by atoms with Crippen LogP contribution in [0.2, 0.25) is 0 Å². The number of hydrogen-bond donors (Lipinski definition) is 0. The summed E-state index contributed by atoms with van der Waals surface area (Å²) in [5.74, 6) is 6.08. The Hall–Kier alpha value is 0. The van der Waals surface area contributed by atoms with Crippen molar-refractivity contribution >= 4 is 0 Å². The van der Waals surface area contributed by atoms with Gasteiger partial charge in [-0.3, -0.25) is 0 Å². The average Bonchev–Trinajstić information content (AvgIpc) is 2.07. The van der Waals surface area contributed by atoms with Crippen molar-refractivity contribution in [3.05, 3.63) is 0 Å². The molecule has 0 N–H and O–H groups in total. The van der Waals surface area contributed by atoms with Crippen LogP contribution < -0.4 is 0 Å². The second-order valence-electron chi connectivity index (χ2n) is 6.20. The monoisotopic (exact) mass is 194 g/mol. The van der Waals surface area contributed by atoms with Crippen molar-refractivity contribution in [1.82, 2.24) is 0 Å². The molecule has 5 atom stereocenters. The quantitative estimate of drug-likeness (QED) is 0.613. The molecular weight excluding hydrogens is 168 g/mol. The van der Waals surface area contributed by atoms with Crippen LogP contribution >= 0.6 is 0 Å². The van der Waals surface area contributed by atoms with E-state index >= 15 is 0 Å². The summed E-state index contributed by atoms with van der Waals surface area (Å²) in [6, 6.07) is 0. The maximum absolute atomic E-state index is 2.53. The number of rotatable bonds is 2. The molecular formula is C14H26. The van der Waals surface area contributed by atoms with E-state index < -0.39 is 0 Å². The molecule has 0 bridgehead atoms. The number of hydrogen-bond acceptors (Lipinski definition) is 0. The van der Waals surface area contributed by atoms with Crippen LogP contribution in [-0.4, -0.2) is 0 Å². The van der Waals surface area contributed by atoms with E-state index in [1.54, 1.807) is 0 Å². The minimum Gasteiger partial charge on any atom is -0.0625 e. The maximum Gasteiger partial charge on any atom is -0.0357 e. The molecule has 5 unspecified atom stereocenters. The van der Waals surface area contributed by atoms with Gasteiger partial charge in [-0.2, -0.15) is 0 Å². The standard InChI is InChI=1S/C14H26/c1-9(2)10(3)13-7-5-12-6-8-14(12)11(13)4/h9-14H,5-8H2,1-4H3. The predicted octanol–water partition coefficient (Wildman–Crippen LogP) is 4.35. The molecule has 2 saturated carbocycles. The highest BCUT2D eigenvalue weighted by molar-refractivity contribution is 4.93. The van der Waals surface area contributed by atoms with Crippen molar-refractivity contribution in [2.45, 2.75) is 53.4 Å². The molecule has 2 aliphatic carbocycles. The van der Waals surface area contributed by atoms with Crippen LogP contribution in [0.4, 0.5) is 0 Å². The Morgan fingerprint density at radius 2 is 1.57 bits per heavy atom. The fourth-order valence-corrected chi connectivity index (χ4v) is 3.87. The van der Waals surface area contributed by atoms with Gasteiger partial charge in [0.25, 0.3) is 0 Å². The third kappa shape index (κ3) is 1.61. The first kappa shape index (κ1) is 10.5. The second kappa shape index (κ2) is 3.87. The van der Waals surface area contributed by atoms with Crippen molar-refractivity contribution in [2.24, 2.45) is 35.5 Å². The van der Waals surface area contributed by atoms with Crippen molar-refractivity contribution in [3.8, 4) is 0 Å². The molecule has 0 nitrogen and oxygen atoms in total. The van der Waals surface area contributed by atoms with Crippen LogP contribution in [0.15, 0.2) is 0 Å². The summed E-state index contributed by atoms with van der Waals surface area (Å²) in [4.78, 5) is 0. The van der Waals surface area contributed by atoms with Gasteiger partial charge in [0.05, 0.1) is 0 Å². The van der Waals surface area contributed by atoms with Gasteiger partial charge in [0, 0.05) is 0 Å². The van der Waals surface area contributed by atoms with E-state index in [0.717, 1.165) is 35.5 Å². The van der Waals surface area contributed by atoms with Crippen LogP contribution in [0.25, 0.3) is 0 Å². The predicted molar refractivity (Wildman–Crippen MR) is 62.1 cm³/mol. The molecule has 2 rings (SSSR count). The second-order valence-corrected chi connectivity index (χ2v) is 6.20. The summed E-state index contributed by atoms with van der Waals surface area (Å²) in [7, 11) is 0. The van der Waals surface area contributed by atoms with E-state index in [1.807, 2.05) is 0 Å². The first-order valence-electron chi connectivity index (χ1n) is 6.61. The fraction of sp³-hybridized carbons (Fsp3) is 1.00. The Morgan fingerprint density at radius 1 is 0.929 bits per heavy atom. The van der Waals surface area contributed by atoms with Crippen LogP contribution in [0.5, 0.6) is 0 Å². The lowest BCUT2D eigenvalue weighted by atomic mass is 9.55. The molecule has 0 aromatic rings. The van der Waals surface area contributed by atoms with Crippen molar-refractivity contribution < 1.29 is 0 Å². The highest BCUT2D eigenvalue weighted by Gasteiger charge is 2.43. The van der Waals surface area contributed by atoms with Crippen LogP contribution in [-0.2, 0) is 0 Å². The van der Waals surface area contributed by atoms with E-state index in [9.17, 15) is 0 Å². The summed E-state index contributed by atoms with van der Waals surface area (Å²) in [6.07, 6.45) is 6.13. The zero-order chi connectivity index (χ0) is 10.3. The molecule has 0 saturated heterocycles. The first-order valence-corrected chi connectivity index (χ1v) is 6.61. The van der Waals surface area contributed by atoms with Crippen LogP contribution in [0, 0.1) is 35.5 Å². The van der Waals surface area contributed by atoms with Gasteiger partial charge in [-0.25, -0.2) is 0 Å². The Labute approximate surface area is 89.5 Å². The van der Waals surface area contributed by atoms with E-state index in [4.69, 9.17) is 0 Å². The van der Waals surface area contributed by atoms with Crippen LogP contribution in [0.3, 0.4) is 0 Å². The molecule has 14 heavy (non-hydrogen) atoms. The molecule has 2 fully saturated rings. The summed E-state index contributed by atoms with van der Waals surface area (Å²) in [5, 5.41) is 0. The van der Waals surface area contributed by atoms with E-state index in [-0.39, 0.29) is 0 Å². The van der Waals surface area contributed by atoms with Gasteiger partial charge in [-0.1, -0.05) is 27.7 Å². The summed E-state index contributed by atoms with van der Waals surface area (Å²) in [6.45, 7) is 9.79. The van der Waals surface area contributed by atoms with Crippen molar-refractivity contribution in [3.63, 3.8) is 0 Å². The largest absolute Gasteiger partial charge is 0.0625 e. The minimum absolute atomic E-state index is 0.874. The van der Waals surface area contributed by atoms with Crippen molar-refractivity contribution in [1.29, 1.82) is 0 Å². The molecule has 2 aliphatic rings. The molecule has 0 spiro atoms. The lowest BCUT2D eigenvalue weighted by molar-refractivity contribution is -0.00781. The van der Waals surface area contributed by atoms with Gasteiger partial charge in [-0.15, -0.1) is 0 Å². The zero-order valence-electron chi connectivity index (χ0n) is 10.3. The average molecular weight is 194 g/mol. The molecule has 0 aromatic carbocycles. The highest BCUT2D eigenvalue weighted by Crippen LogP contribution is 2.52. The third-order valence-corrected chi connectivity index (χ3v) is 5.42. The van der Waals surface area contributed by atoms with E-state index in [1.165, 1.54) is 25.7 Å². The van der Waals surface area contributed by atoms with Gasteiger partial charge in [0.15, 0.2) is 0 Å². The van der Waals surface area contributed by atoms with Gasteiger partial charge in [-0.05, 0) is 61.2 Å². The Kier molecular flexibility index (Phi) is 2.91. The SMILES string of the molecule is CC(C)C(C)C1CCC2CCC2C1C. The number of fused-ring (bicyclic) bond motifs is 1. The smallest absolute Gasteiger partial charge is 0.0357 e. The molecule has 82 valence electrons. The molecule has 0 heterocycles. The molecule has 0 amide bonds. The van der Waals surface area contributed by atoms with Gasteiger partial charge in [0.2, 0.25) is 0 Å². The normalized spacial score (nSPS) is 44.4. The van der Waals surface area contributed by atoms with E-state index in [2.05, 4.69) is 27.7 Å². The molecule has 0 radical (unpaired) electrons. The Bertz CT molecular complexity index is 194. The van der Waals surface area contributed by atoms with Crippen molar-refractivity contribution in [2.75, 3.05) is 0 Å². The van der Waals surface area contributed by atoms with Crippen LogP contribution in [0.1, 0.15) is 53.4 Å². The molecule has 0 aromatic heterocycles. The molecule has 0 heteroatoms. The Morgan fingerprint density at radius 3 is 2.07 bits per heavy atom. The van der Waals surface area contributed by atoms with Gasteiger partial charge in [0.1, 0.15) is 0 Å². The van der Waals surface area contributed by atoms with Gasteiger partial charge < -0.3 is 0 Å². The highest BCUT2D eigenvalue weighted by atomic mass is 14.5.